The first kappa shape index (κ1) is 41.5. The first-order chi connectivity index (χ1) is 25.6. The average molecular weight is 773 g/mol. The van der Waals surface area contributed by atoms with E-state index in [9.17, 15) is 35.1 Å². The molecule has 4 aromatic rings. The number of halogens is 8. The molecule has 0 bridgehead atoms. The lowest BCUT2D eigenvalue weighted by Crippen LogP contribution is -2.18. The number of oxime groups is 2. The van der Waals surface area contributed by atoms with Crippen molar-refractivity contribution >= 4 is 24.1 Å². The molecule has 22 heteroatoms. The van der Waals surface area contributed by atoms with Gasteiger partial charge in [-0.05, 0) is 59.7 Å². The Hall–Kier alpha value is -6.92. The van der Waals surface area contributed by atoms with Gasteiger partial charge in [-0.2, -0.15) is 19.2 Å². The zero-order chi connectivity index (χ0) is 39.7. The van der Waals surface area contributed by atoms with Crippen molar-refractivity contribution in [2.24, 2.45) is 10.3 Å². The number of nitrogens with zero attached hydrogens (tertiary/aromatic N) is 4. The van der Waals surface area contributed by atoms with Crippen LogP contribution >= 0.6 is 0 Å². The van der Waals surface area contributed by atoms with Gasteiger partial charge in [0.2, 0.25) is 11.8 Å². The van der Waals surface area contributed by atoms with Crippen LogP contribution in [-0.2, 0) is 28.9 Å². The molecule has 2 aromatic heterocycles. The Morgan fingerprint density at radius 3 is 1.28 bits per heavy atom. The van der Waals surface area contributed by atoms with Gasteiger partial charge in [0.15, 0.2) is 35.3 Å². The van der Waals surface area contributed by atoms with Crippen LogP contribution in [0.2, 0.25) is 0 Å². The molecule has 0 saturated heterocycles. The fraction of sp³-hybridized carbons (Fsp3) is 0.188. The highest BCUT2D eigenvalue weighted by molar-refractivity contribution is 5.80. The smallest absolute Gasteiger partial charge is 0.438 e. The largest absolute Gasteiger partial charge is 0.573 e. The molecule has 2 aromatic carbocycles. The first-order valence-electron chi connectivity index (χ1n) is 14.3. The van der Waals surface area contributed by atoms with Crippen LogP contribution in [0.3, 0.4) is 0 Å². The Labute approximate surface area is 296 Å². The molecule has 14 nitrogen and oxygen atoms in total. The molecule has 2 aliphatic heterocycles. The lowest BCUT2D eigenvalue weighted by atomic mass is 10.1. The van der Waals surface area contributed by atoms with Crippen LogP contribution in [0.25, 0.3) is 0 Å². The summed E-state index contributed by atoms with van der Waals surface area (Å²) in [6, 6.07) is 12.9. The Morgan fingerprint density at radius 2 is 0.981 bits per heavy atom. The standard InChI is InChI=1S/2C15H10F4N2O3.2CO2/c2*16-11-6-9(3-4-12(11)23-15(17,18)19)13-7-14(21-24-13)22-10-2-1-5-20-8-10;2*2-1-3/h2*1-6,8,13H,7H2;;/t2*13-;;/m10../s1. The molecule has 0 fully saturated rings. The first-order valence-corrected chi connectivity index (χ1v) is 14.3. The number of hydrogen-bond acceptors (Lipinski definition) is 14. The van der Waals surface area contributed by atoms with Crippen molar-refractivity contribution in [1.82, 2.24) is 9.97 Å². The zero-order valence-corrected chi connectivity index (χ0v) is 26.5. The maximum atomic E-state index is 13.7. The third-order valence-electron chi connectivity index (χ3n) is 6.13. The molecule has 4 heterocycles. The van der Waals surface area contributed by atoms with Crippen molar-refractivity contribution in [2.75, 3.05) is 0 Å². The number of ether oxygens (including phenoxy) is 4. The number of alkyl halides is 6. The Bertz CT molecular complexity index is 1810. The van der Waals surface area contributed by atoms with Crippen molar-refractivity contribution in [3.8, 4) is 23.0 Å². The van der Waals surface area contributed by atoms with Gasteiger partial charge in [0.25, 0.3) is 0 Å². The Balaban J connectivity index is 0.000000254. The number of aromatic nitrogens is 2. The van der Waals surface area contributed by atoms with Crippen molar-refractivity contribution in [1.29, 1.82) is 0 Å². The summed E-state index contributed by atoms with van der Waals surface area (Å²) in [4.78, 5) is 50.5. The number of pyridine rings is 2. The van der Waals surface area contributed by atoms with E-state index in [2.05, 4.69) is 29.8 Å². The van der Waals surface area contributed by atoms with E-state index in [0.717, 1.165) is 24.3 Å². The molecule has 0 aliphatic carbocycles. The van der Waals surface area contributed by atoms with Gasteiger partial charge in [-0.15, -0.1) is 26.3 Å². The van der Waals surface area contributed by atoms with Crippen LogP contribution in [0.1, 0.15) is 36.2 Å². The molecule has 0 spiro atoms. The summed E-state index contributed by atoms with van der Waals surface area (Å²) in [6.45, 7) is 0. The predicted octanol–water partition coefficient (Wildman–Crippen LogP) is 6.78. The van der Waals surface area contributed by atoms with Gasteiger partial charge in [-0.3, -0.25) is 9.97 Å². The van der Waals surface area contributed by atoms with E-state index in [1.165, 1.54) is 24.5 Å². The van der Waals surface area contributed by atoms with Crippen molar-refractivity contribution in [3.63, 3.8) is 0 Å². The lowest BCUT2D eigenvalue weighted by Gasteiger charge is -2.12. The number of benzene rings is 2. The third kappa shape index (κ3) is 14.0. The Morgan fingerprint density at radius 1 is 0.611 bits per heavy atom. The second-order valence-electron chi connectivity index (χ2n) is 9.79. The molecule has 0 radical (unpaired) electrons. The van der Waals surface area contributed by atoms with Crippen LogP contribution in [-0.4, -0.2) is 46.8 Å². The van der Waals surface area contributed by atoms with Gasteiger partial charge in [0.1, 0.15) is 11.5 Å². The van der Waals surface area contributed by atoms with Crippen LogP contribution < -0.4 is 18.9 Å². The minimum absolute atomic E-state index is 0.202. The fourth-order valence-corrected chi connectivity index (χ4v) is 4.13. The second-order valence-corrected chi connectivity index (χ2v) is 9.79. The lowest BCUT2D eigenvalue weighted by molar-refractivity contribution is -0.276. The summed E-state index contributed by atoms with van der Waals surface area (Å²) in [7, 11) is 0. The van der Waals surface area contributed by atoms with Crippen molar-refractivity contribution in [2.45, 2.75) is 37.8 Å². The predicted molar refractivity (Wildman–Crippen MR) is 158 cm³/mol. The second kappa shape index (κ2) is 19.6. The normalized spacial score (nSPS) is 15.6. The van der Waals surface area contributed by atoms with Crippen LogP contribution in [0, 0.1) is 11.6 Å². The quantitative estimate of drug-likeness (QED) is 0.188. The van der Waals surface area contributed by atoms with Gasteiger partial charge in [-0.1, -0.05) is 22.4 Å². The van der Waals surface area contributed by atoms with Crippen molar-refractivity contribution in [3.05, 3.63) is 108 Å². The summed E-state index contributed by atoms with van der Waals surface area (Å²) >= 11 is 0. The minimum atomic E-state index is -4.96. The van der Waals surface area contributed by atoms with Gasteiger partial charge in [-0.25, -0.2) is 8.78 Å². The van der Waals surface area contributed by atoms with E-state index in [-0.39, 0.29) is 36.9 Å². The average Bonchev–Trinajstić information content (AvgIpc) is 3.78. The molecule has 0 amide bonds. The molecule has 2 aliphatic rings. The molecule has 0 unspecified atom stereocenters. The molecular formula is C32H20F8N4O10. The molecule has 0 saturated carbocycles. The highest BCUT2D eigenvalue weighted by Gasteiger charge is 2.34. The van der Waals surface area contributed by atoms with Crippen molar-refractivity contribution < 1.29 is 82.9 Å². The van der Waals surface area contributed by atoms with Crippen LogP contribution in [0.4, 0.5) is 35.1 Å². The molecule has 6 rings (SSSR count). The summed E-state index contributed by atoms with van der Waals surface area (Å²) in [6.07, 6.45) is -4.21. The fourth-order valence-electron chi connectivity index (χ4n) is 4.13. The van der Waals surface area contributed by atoms with E-state index in [1.807, 2.05) is 0 Å². The molecular weight excluding hydrogens is 752 g/mol. The van der Waals surface area contributed by atoms with Crippen LogP contribution in [0.15, 0.2) is 95.8 Å². The van der Waals surface area contributed by atoms with Gasteiger partial charge >= 0.3 is 25.0 Å². The molecule has 54 heavy (non-hydrogen) atoms. The van der Waals surface area contributed by atoms with Gasteiger partial charge in [0.05, 0.1) is 25.2 Å². The highest BCUT2D eigenvalue weighted by atomic mass is 19.4. The number of carbonyl (C=O) groups excluding carboxylic acids is 4. The SMILES string of the molecule is Fc1cc([C@@H]2CC(Oc3cccnc3)=NO2)ccc1OC(F)(F)F.Fc1cc([C@H]2CC(Oc3cccnc3)=NO2)ccc1OC(F)(F)F.O=C=O.O=C=O. The molecule has 2 atom stereocenters. The van der Waals surface area contributed by atoms with E-state index in [1.54, 1.807) is 36.7 Å². The monoisotopic (exact) mass is 772 g/mol. The van der Waals surface area contributed by atoms with E-state index in [0.29, 0.717) is 22.6 Å². The number of rotatable bonds is 6. The van der Waals surface area contributed by atoms with E-state index >= 15 is 0 Å². The topological polar surface area (TPSA) is 174 Å². The van der Waals surface area contributed by atoms with E-state index < -0.39 is 48.1 Å². The third-order valence-corrected chi connectivity index (χ3v) is 6.13. The summed E-state index contributed by atoms with van der Waals surface area (Å²) in [5.41, 5.74) is 0.631. The van der Waals surface area contributed by atoms with E-state index in [4.69, 9.17) is 38.3 Å². The summed E-state index contributed by atoms with van der Waals surface area (Å²) < 4.78 is 118. The van der Waals surface area contributed by atoms with Gasteiger partial charge in [0, 0.05) is 12.4 Å². The number of hydrogen-bond donors (Lipinski definition) is 0. The zero-order valence-electron chi connectivity index (χ0n) is 26.5. The summed E-state index contributed by atoms with van der Waals surface area (Å²) in [5.74, 6) is -2.67. The Kier molecular flexibility index (Phi) is 15.1. The van der Waals surface area contributed by atoms with Gasteiger partial charge < -0.3 is 28.6 Å². The highest BCUT2D eigenvalue weighted by Crippen LogP contribution is 2.34. The summed E-state index contributed by atoms with van der Waals surface area (Å²) in [5, 5.41) is 7.47. The molecule has 0 N–H and O–H groups in total. The molecule has 284 valence electrons. The maximum absolute atomic E-state index is 13.7. The van der Waals surface area contributed by atoms with Crippen LogP contribution in [0.5, 0.6) is 23.0 Å². The minimum Gasteiger partial charge on any atom is -0.438 e. The maximum Gasteiger partial charge on any atom is 0.573 e.